The molecule has 0 saturated carbocycles. The molecule has 96 valence electrons. The van der Waals surface area contributed by atoms with E-state index in [0.29, 0.717) is 5.92 Å². The molecule has 1 atom stereocenters. The fourth-order valence-electron chi connectivity index (χ4n) is 1.74. The summed E-state index contributed by atoms with van der Waals surface area (Å²) in [6, 6.07) is 0. The molecule has 0 aliphatic rings. The number of rotatable bonds is 7. The van der Waals surface area contributed by atoms with E-state index in [2.05, 4.69) is 38.3 Å². The van der Waals surface area contributed by atoms with Gasteiger partial charge in [-0.25, -0.2) is 0 Å². The SMILES string of the molecule is CCC(CC)CNC(C)(C(=O)NC)C(C)C. The van der Waals surface area contributed by atoms with E-state index in [-0.39, 0.29) is 11.8 Å². The highest BCUT2D eigenvalue weighted by Crippen LogP contribution is 2.18. The van der Waals surface area contributed by atoms with E-state index in [9.17, 15) is 4.79 Å². The molecule has 0 fully saturated rings. The minimum atomic E-state index is -0.461. The molecule has 0 aromatic carbocycles. The molecular weight excluding hydrogens is 200 g/mol. The van der Waals surface area contributed by atoms with Gasteiger partial charge in [0.2, 0.25) is 5.91 Å². The fraction of sp³-hybridized carbons (Fsp3) is 0.923. The molecule has 1 amide bonds. The maximum Gasteiger partial charge on any atom is 0.240 e. The van der Waals surface area contributed by atoms with Crippen molar-refractivity contribution in [2.75, 3.05) is 13.6 Å². The van der Waals surface area contributed by atoms with Gasteiger partial charge in [0.15, 0.2) is 0 Å². The van der Waals surface area contributed by atoms with Crippen LogP contribution in [-0.2, 0) is 4.79 Å². The topological polar surface area (TPSA) is 41.1 Å². The van der Waals surface area contributed by atoms with E-state index < -0.39 is 5.54 Å². The first-order valence-corrected chi connectivity index (χ1v) is 6.39. The van der Waals surface area contributed by atoms with Crippen molar-refractivity contribution in [2.24, 2.45) is 11.8 Å². The lowest BCUT2D eigenvalue weighted by Gasteiger charge is -2.34. The molecule has 2 N–H and O–H groups in total. The average molecular weight is 228 g/mol. The molecule has 3 nitrogen and oxygen atoms in total. The van der Waals surface area contributed by atoms with Crippen molar-refractivity contribution >= 4 is 5.91 Å². The van der Waals surface area contributed by atoms with Gasteiger partial charge in [0.1, 0.15) is 0 Å². The first kappa shape index (κ1) is 15.4. The second-order valence-corrected chi connectivity index (χ2v) is 5.00. The number of amides is 1. The molecule has 0 saturated heterocycles. The van der Waals surface area contributed by atoms with Gasteiger partial charge >= 0.3 is 0 Å². The Balaban J connectivity index is 4.51. The zero-order valence-corrected chi connectivity index (χ0v) is 11.7. The van der Waals surface area contributed by atoms with Gasteiger partial charge in [-0.05, 0) is 25.3 Å². The Morgan fingerprint density at radius 2 is 1.75 bits per heavy atom. The van der Waals surface area contributed by atoms with Crippen LogP contribution in [0.15, 0.2) is 0 Å². The normalized spacial score (nSPS) is 15.2. The quantitative estimate of drug-likeness (QED) is 0.701. The number of likely N-dealkylation sites (N-methyl/N-ethyl adjacent to an activating group) is 1. The highest BCUT2D eigenvalue weighted by molar-refractivity contribution is 5.85. The summed E-state index contributed by atoms with van der Waals surface area (Å²) in [6.07, 6.45) is 2.32. The van der Waals surface area contributed by atoms with Gasteiger partial charge in [-0.3, -0.25) is 4.79 Å². The van der Waals surface area contributed by atoms with Gasteiger partial charge in [-0.1, -0.05) is 40.5 Å². The van der Waals surface area contributed by atoms with E-state index >= 15 is 0 Å². The molecule has 0 aliphatic carbocycles. The van der Waals surface area contributed by atoms with Crippen LogP contribution < -0.4 is 10.6 Å². The van der Waals surface area contributed by atoms with Crippen LogP contribution in [0.1, 0.15) is 47.5 Å². The average Bonchev–Trinajstić information content (AvgIpc) is 2.28. The third kappa shape index (κ3) is 3.78. The lowest BCUT2D eigenvalue weighted by molar-refractivity contribution is -0.128. The molecule has 0 aromatic heterocycles. The van der Waals surface area contributed by atoms with Gasteiger partial charge in [0.25, 0.3) is 0 Å². The van der Waals surface area contributed by atoms with Crippen LogP contribution in [0.3, 0.4) is 0 Å². The van der Waals surface area contributed by atoms with Gasteiger partial charge in [-0.2, -0.15) is 0 Å². The third-order valence-corrected chi connectivity index (χ3v) is 3.77. The van der Waals surface area contributed by atoms with Crippen molar-refractivity contribution in [1.29, 1.82) is 0 Å². The summed E-state index contributed by atoms with van der Waals surface area (Å²) in [5, 5.41) is 6.18. The Bertz CT molecular complexity index is 212. The number of carbonyl (C=O) groups excluding carboxylic acids is 1. The van der Waals surface area contributed by atoms with Gasteiger partial charge in [0.05, 0.1) is 5.54 Å². The summed E-state index contributed by atoms with van der Waals surface area (Å²) < 4.78 is 0. The number of nitrogens with one attached hydrogen (secondary N) is 2. The minimum Gasteiger partial charge on any atom is -0.358 e. The molecule has 0 rings (SSSR count). The largest absolute Gasteiger partial charge is 0.358 e. The van der Waals surface area contributed by atoms with Gasteiger partial charge in [0, 0.05) is 7.05 Å². The molecule has 16 heavy (non-hydrogen) atoms. The van der Waals surface area contributed by atoms with E-state index in [1.807, 2.05) is 6.92 Å². The Hall–Kier alpha value is -0.570. The van der Waals surface area contributed by atoms with Gasteiger partial charge in [-0.15, -0.1) is 0 Å². The third-order valence-electron chi connectivity index (χ3n) is 3.77. The zero-order chi connectivity index (χ0) is 12.8. The predicted octanol–water partition coefficient (Wildman–Crippen LogP) is 2.17. The van der Waals surface area contributed by atoms with Crippen molar-refractivity contribution in [2.45, 2.75) is 53.0 Å². The lowest BCUT2D eigenvalue weighted by atomic mass is 9.86. The summed E-state index contributed by atoms with van der Waals surface area (Å²) in [5.74, 6) is 1.01. The van der Waals surface area contributed by atoms with Crippen molar-refractivity contribution < 1.29 is 4.79 Å². The predicted molar refractivity (Wildman–Crippen MR) is 69.4 cm³/mol. The van der Waals surface area contributed by atoms with E-state index in [1.165, 1.54) is 0 Å². The number of carbonyl (C=O) groups is 1. The maximum atomic E-state index is 11.9. The first-order valence-electron chi connectivity index (χ1n) is 6.39. The lowest BCUT2D eigenvalue weighted by Crippen LogP contribution is -2.58. The van der Waals surface area contributed by atoms with Crippen LogP contribution in [0.5, 0.6) is 0 Å². The molecule has 0 aliphatic heterocycles. The molecule has 0 radical (unpaired) electrons. The summed E-state index contributed by atoms with van der Waals surface area (Å²) in [7, 11) is 1.70. The van der Waals surface area contributed by atoms with Crippen molar-refractivity contribution in [3.63, 3.8) is 0 Å². The molecule has 0 bridgehead atoms. The zero-order valence-electron chi connectivity index (χ0n) is 11.7. The summed E-state index contributed by atoms with van der Waals surface area (Å²) >= 11 is 0. The Morgan fingerprint density at radius 1 is 1.25 bits per heavy atom. The van der Waals surface area contributed by atoms with Crippen LogP contribution >= 0.6 is 0 Å². The van der Waals surface area contributed by atoms with Crippen LogP contribution in [0.4, 0.5) is 0 Å². The van der Waals surface area contributed by atoms with Crippen LogP contribution in [-0.4, -0.2) is 25.0 Å². The molecule has 3 heteroatoms. The Morgan fingerprint density at radius 3 is 2.06 bits per heavy atom. The molecule has 0 aromatic rings. The van der Waals surface area contributed by atoms with Gasteiger partial charge < -0.3 is 10.6 Å². The number of hydrogen-bond acceptors (Lipinski definition) is 2. The van der Waals surface area contributed by atoms with Crippen molar-refractivity contribution in [1.82, 2.24) is 10.6 Å². The highest BCUT2D eigenvalue weighted by Gasteiger charge is 2.35. The summed E-state index contributed by atoms with van der Waals surface area (Å²) in [4.78, 5) is 11.9. The number of hydrogen-bond donors (Lipinski definition) is 2. The first-order chi connectivity index (χ1) is 7.42. The van der Waals surface area contributed by atoms with E-state index in [4.69, 9.17) is 0 Å². The van der Waals surface area contributed by atoms with Crippen molar-refractivity contribution in [3.8, 4) is 0 Å². The standard InChI is InChI=1S/C13H28N2O/c1-7-11(8-2)9-15-13(5,10(3)4)12(16)14-6/h10-11,15H,7-9H2,1-6H3,(H,14,16). The van der Waals surface area contributed by atoms with Crippen LogP contribution in [0, 0.1) is 11.8 Å². The minimum absolute atomic E-state index is 0.0773. The second-order valence-electron chi connectivity index (χ2n) is 5.00. The van der Waals surface area contributed by atoms with Crippen LogP contribution in [0.2, 0.25) is 0 Å². The fourth-order valence-corrected chi connectivity index (χ4v) is 1.74. The summed E-state index contributed by atoms with van der Waals surface area (Å²) in [6.45, 7) is 11.4. The molecule has 0 heterocycles. The molecule has 1 unspecified atom stereocenters. The maximum absolute atomic E-state index is 11.9. The monoisotopic (exact) mass is 228 g/mol. The Labute approximate surface area is 100 Å². The van der Waals surface area contributed by atoms with E-state index in [0.717, 1.165) is 19.4 Å². The smallest absolute Gasteiger partial charge is 0.240 e. The molecular formula is C13H28N2O. The second kappa shape index (κ2) is 6.89. The van der Waals surface area contributed by atoms with Crippen molar-refractivity contribution in [3.05, 3.63) is 0 Å². The van der Waals surface area contributed by atoms with Crippen LogP contribution in [0.25, 0.3) is 0 Å². The van der Waals surface area contributed by atoms with E-state index in [1.54, 1.807) is 7.05 Å². The molecule has 0 spiro atoms. The highest BCUT2D eigenvalue weighted by atomic mass is 16.2. The summed E-state index contributed by atoms with van der Waals surface area (Å²) in [5.41, 5.74) is -0.461. The Kier molecular flexibility index (Phi) is 6.65.